The molecule has 0 spiro atoms. The highest BCUT2D eigenvalue weighted by Crippen LogP contribution is 2.48. The summed E-state index contributed by atoms with van der Waals surface area (Å²) >= 11 is 0. The molecule has 0 unspecified atom stereocenters. The van der Waals surface area contributed by atoms with Gasteiger partial charge in [-0.3, -0.25) is 4.79 Å². The molecule has 1 N–H and O–H groups in total. The predicted octanol–water partition coefficient (Wildman–Crippen LogP) is 0.934. The molecule has 4 rings (SSSR count). The highest BCUT2D eigenvalue weighted by molar-refractivity contribution is 7.89. The maximum Gasteiger partial charge on any atom is 0.238 e. The average molecular weight is 356 g/mol. The fourth-order valence-corrected chi connectivity index (χ4v) is 7.08. The van der Waals surface area contributed by atoms with E-state index in [9.17, 15) is 13.2 Å². The van der Waals surface area contributed by atoms with E-state index in [2.05, 4.69) is 12.2 Å². The first-order valence-corrected chi connectivity index (χ1v) is 11.0. The molecule has 0 radical (unpaired) electrons. The van der Waals surface area contributed by atoms with Crippen molar-refractivity contribution < 1.29 is 13.2 Å². The first kappa shape index (κ1) is 16.8. The van der Waals surface area contributed by atoms with E-state index in [1.54, 1.807) is 0 Å². The van der Waals surface area contributed by atoms with Crippen molar-refractivity contribution in [2.75, 3.05) is 25.4 Å². The fourth-order valence-electron chi connectivity index (χ4n) is 5.53. The molecule has 4 atom stereocenters. The minimum absolute atomic E-state index is 0.00532. The Labute approximate surface area is 145 Å². The monoisotopic (exact) mass is 355 g/mol. The zero-order valence-electron chi connectivity index (χ0n) is 14.5. The third-order valence-electron chi connectivity index (χ3n) is 6.78. The Morgan fingerprint density at radius 3 is 2.79 bits per heavy atom. The summed E-state index contributed by atoms with van der Waals surface area (Å²) in [4.78, 5) is 15.0. The van der Waals surface area contributed by atoms with E-state index in [1.165, 1.54) is 17.1 Å². The molecule has 4 fully saturated rings. The molecule has 6 nitrogen and oxygen atoms in total. The molecule has 3 heterocycles. The van der Waals surface area contributed by atoms with Crippen LogP contribution in [0.2, 0.25) is 0 Å². The quantitative estimate of drug-likeness (QED) is 0.800. The van der Waals surface area contributed by atoms with Crippen molar-refractivity contribution in [3.63, 3.8) is 0 Å². The van der Waals surface area contributed by atoms with Crippen LogP contribution in [-0.4, -0.2) is 67.0 Å². The van der Waals surface area contributed by atoms with Gasteiger partial charge in [0.25, 0.3) is 0 Å². The van der Waals surface area contributed by atoms with E-state index in [1.807, 2.05) is 4.90 Å². The Hall–Kier alpha value is -0.660. The van der Waals surface area contributed by atoms with Gasteiger partial charge >= 0.3 is 0 Å². The van der Waals surface area contributed by atoms with Gasteiger partial charge in [-0.1, -0.05) is 19.8 Å². The SMILES string of the molecule is C[C@@]12C[C@H]3CN(C(=O)CN4CCCCS4(=O)=O)[C@@H]1CCCC[C@@H]2N3. The number of nitrogens with zero attached hydrogens (tertiary/aromatic N) is 2. The lowest BCUT2D eigenvalue weighted by atomic mass is 9.71. The van der Waals surface area contributed by atoms with Gasteiger partial charge in [-0.15, -0.1) is 0 Å². The van der Waals surface area contributed by atoms with Gasteiger partial charge in [0.15, 0.2) is 0 Å². The summed E-state index contributed by atoms with van der Waals surface area (Å²) in [6.45, 7) is 3.60. The van der Waals surface area contributed by atoms with Gasteiger partial charge in [-0.2, -0.15) is 4.31 Å². The topological polar surface area (TPSA) is 69.7 Å². The lowest BCUT2D eigenvalue weighted by Gasteiger charge is -2.47. The molecule has 0 aromatic rings. The fraction of sp³-hybridized carbons (Fsp3) is 0.941. The summed E-state index contributed by atoms with van der Waals surface area (Å²) in [5.41, 5.74) is 0.149. The standard InChI is InChI=1S/C17H29N3O3S/c1-17-10-13-11-20(15(17)7-3-2-6-14(17)18-13)16(21)12-19-8-4-5-9-24(19,22)23/h13-15,18H,2-12H2,1H3/t13-,14-,15+,17-/m0/s1. The Kier molecular flexibility index (Phi) is 4.16. The maximum absolute atomic E-state index is 13.0. The third-order valence-corrected chi connectivity index (χ3v) is 8.68. The number of likely N-dealkylation sites (tertiary alicyclic amines) is 1. The predicted molar refractivity (Wildman–Crippen MR) is 92.0 cm³/mol. The molecule has 2 bridgehead atoms. The zero-order valence-corrected chi connectivity index (χ0v) is 15.4. The first-order valence-electron chi connectivity index (χ1n) is 9.43. The number of amides is 1. The molecule has 1 saturated carbocycles. The lowest BCUT2D eigenvalue weighted by Crippen LogP contribution is -2.58. The van der Waals surface area contributed by atoms with E-state index in [0.29, 0.717) is 25.0 Å². The van der Waals surface area contributed by atoms with E-state index in [0.717, 1.165) is 32.2 Å². The smallest absolute Gasteiger partial charge is 0.238 e. The second kappa shape index (κ2) is 5.95. The van der Waals surface area contributed by atoms with Crippen LogP contribution in [0, 0.1) is 5.41 Å². The van der Waals surface area contributed by atoms with Crippen molar-refractivity contribution in [1.29, 1.82) is 0 Å². The van der Waals surface area contributed by atoms with E-state index in [-0.39, 0.29) is 29.7 Å². The van der Waals surface area contributed by atoms with Crippen LogP contribution in [0.15, 0.2) is 0 Å². The van der Waals surface area contributed by atoms with Gasteiger partial charge in [-0.05, 0) is 32.1 Å². The number of carbonyl (C=O) groups is 1. The maximum atomic E-state index is 13.0. The van der Waals surface area contributed by atoms with Crippen molar-refractivity contribution in [3.8, 4) is 0 Å². The highest BCUT2D eigenvalue weighted by atomic mass is 32.2. The Morgan fingerprint density at radius 1 is 1.21 bits per heavy atom. The number of hydrogen-bond donors (Lipinski definition) is 1. The van der Waals surface area contributed by atoms with E-state index in [4.69, 9.17) is 0 Å². The molecule has 136 valence electrons. The summed E-state index contributed by atoms with van der Waals surface area (Å²) < 4.78 is 25.8. The van der Waals surface area contributed by atoms with Gasteiger partial charge in [0.05, 0.1) is 12.3 Å². The molecule has 0 aromatic carbocycles. The summed E-state index contributed by atoms with van der Waals surface area (Å²) in [6, 6.07) is 1.14. The normalized spacial score (nSPS) is 41.9. The van der Waals surface area contributed by atoms with Crippen LogP contribution in [0.5, 0.6) is 0 Å². The minimum atomic E-state index is -3.24. The van der Waals surface area contributed by atoms with Crippen molar-refractivity contribution >= 4 is 15.9 Å². The van der Waals surface area contributed by atoms with E-state index < -0.39 is 10.0 Å². The molecule has 1 amide bonds. The van der Waals surface area contributed by atoms with Gasteiger partial charge < -0.3 is 10.2 Å². The van der Waals surface area contributed by atoms with Crippen LogP contribution in [0.25, 0.3) is 0 Å². The van der Waals surface area contributed by atoms with Gasteiger partial charge in [0.2, 0.25) is 15.9 Å². The van der Waals surface area contributed by atoms with Crippen LogP contribution in [-0.2, 0) is 14.8 Å². The van der Waals surface area contributed by atoms with Crippen LogP contribution >= 0.6 is 0 Å². The number of fused-ring (bicyclic) bond motifs is 1. The molecule has 1 aliphatic carbocycles. The van der Waals surface area contributed by atoms with Crippen LogP contribution in [0.3, 0.4) is 0 Å². The highest BCUT2D eigenvalue weighted by Gasteiger charge is 2.55. The summed E-state index contributed by atoms with van der Waals surface area (Å²) in [5.74, 6) is 0.193. The van der Waals surface area contributed by atoms with Crippen LogP contribution in [0.4, 0.5) is 0 Å². The van der Waals surface area contributed by atoms with Crippen molar-refractivity contribution in [3.05, 3.63) is 0 Å². The molecular formula is C17H29N3O3S. The second-order valence-electron chi connectivity index (χ2n) is 8.33. The summed E-state index contributed by atoms with van der Waals surface area (Å²) in [5, 5.41) is 3.74. The van der Waals surface area contributed by atoms with E-state index >= 15 is 0 Å². The van der Waals surface area contributed by atoms with Crippen molar-refractivity contribution in [2.45, 2.75) is 70.0 Å². The number of sulfonamides is 1. The minimum Gasteiger partial charge on any atom is -0.336 e. The zero-order chi connectivity index (χ0) is 16.9. The van der Waals surface area contributed by atoms with Gasteiger partial charge in [-0.25, -0.2) is 8.42 Å². The molecule has 3 aliphatic heterocycles. The van der Waals surface area contributed by atoms with Crippen molar-refractivity contribution in [1.82, 2.24) is 14.5 Å². The van der Waals surface area contributed by atoms with Crippen LogP contribution in [0.1, 0.15) is 51.9 Å². The summed E-state index contributed by atoms with van der Waals surface area (Å²) in [7, 11) is -3.24. The number of carbonyl (C=O) groups excluding carboxylic acids is 1. The molecule has 0 aromatic heterocycles. The lowest BCUT2D eigenvalue weighted by molar-refractivity contribution is -0.138. The Bertz CT molecular complexity index is 623. The Balaban J connectivity index is 1.54. The first-order chi connectivity index (χ1) is 11.4. The van der Waals surface area contributed by atoms with Gasteiger partial charge in [0, 0.05) is 36.6 Å². The van der Waals surface area contributed by atoms with Crippen molar-refractivity contribution in [2.24, 2.45) is 5.41 Å². The third kappa shape index (κ3) is 2.69. The molecule has 7 heteroatoms. The van der Waals surface area contributed by atoms with Gasteiger partial charge in [0.1, 0.15) is 0 Å². The molecule has 4 aliphatic rings. The summed E-state index contributed by atoms with van der Waals surface area (Å²) in [6.07, 6.45) is 7.36. The number of hydrogen-bond acceptors (Lipinski definition) is 4. The second-order valence-corrected chi connectivity index (χ2v) is 10.4. The molecule has 3 saturated heterocycles. The Morgan fingerprint density at radius 2 is 2.00 bits per heavy atom. The number of piperidine rings is 1. The molecule has 24 heavy (non-hydrogen) atoms. The number of rotatable bonds is 2. The number of nitrogens with one attached hydrogen (secondary N) is 1. The average Bonchev–Trinajstić information content (AvgIpc) is 2.68. The van der Waals surface area contributed by atoms with Crippen LogP contribution < -0.4 is 5.32 Å². The largest absolute Gasteiger partial charge is 0.336 e. The molecular weight excluding hydrogens is 326 g/mol.